The molecular formula is C15H30N2O2. The van der Waals surface area contributed by atoms with Crippen LogP contribution >= 0.6 is 0 Å². The van der Waals surface area contributed by atoms with Crippen molar-refractivity contribution in [2.24, 2.45) is 5.41 Å². The number of likely N-dealkylation sites (N-methyl/N-ethyl adjacent to an activating group) is 1. The van der Waals surface area contributed by atoms with Crippen molar-refractivity contribution in [3.63, 3.8) is 0 Å². The number of nitrogens with one attached hydrogen (secondary N) is 1. The van der Waals surface area contributed by atoms with Crippen molar-refractivity contribution in [2.75, 3.05) is 33.3 Å². The molecule has 0 spiro atoms. The van der Waals surface area contributed by atoms with E-state index in [1.54, 1.807) is 0 Å². The number of carbonyl (C=O) groups is 1. The molecule has 1 N–H and O–H groups in total. The Labute approximate surface area is 117 Å². The van der Waals surface area contributed by atoms with E-state index in [2.05, 4.69) is 37.9 Å². The molecule has 1 saturated carbocycles. The number of rotatable bonds is 7. The number of hydrogen-bond acceptors (Lipinski definition) is 4. The summed E-state index contributed by atoms with van der Waals surface area (Å²) in [5.41, 5.74) is -0.543. The normalized spacial score (nSPS) is 25.8. The van der Waals surface area contributed by atoms with Crippen LogP contribution in [-0.4, -0.2) is 49.7 Å². The van der Waals surface area contributed by atoms with E-state index >= 15 is 0 Å². The van der Waals surface area contributed by atoms with Gasteiger partial charge in [-0.25, -0.2) is 0 Å². The minimum atomic E-state index is -0.505. The third-order valence-electron chi connectivity index (χ3n) is 4.79. The SMILES string of the molecule is CCN(CC)CCNC1(C(=O)OC)CCCC1(C)C. The predicted octanol–water partition coefficient (Wildman–Crippen LogP) is 2.04. The number of ether oxygens (including phenoxy) is 1. The zero-order valence-electron chi connectivity index (χ0n) is 13.2. The van der Waals surface area contributed by atoms with E-state index in [0.29, 0.717) is 0 Å². The Kier molecular flexibility index (Phi) is 5.81. The second-order valence-corrected chi connectivity index (χ2v) is 6.09. The van der Waals surface area contributed by atoms with Gasteiger partial charge in [-0.05, 0) is 31.3 Å². The summed E-state index contributed by atoms with van der Waals surface area (Å²) in [6, 6.07) is 0. The summed E-state index contributed by atoms with van der Waals surface area (Å²) < 4.78 is 5.07. The lowest BCUT2D eigenvalue weighted by molar-refractivity contribution is -0.153. The van der Waals surface area contributed by atoms with Gasteiger partial charge in [0.05, 0.1) is 7.11 Å². The van der Waals surface area contributed by atoms with Gasteiger partial charge in [-0.1, -0.05) is 34.1 Å². The van der Waals surface area contributed by atoms with E-state index < -0.39 is 5.54 Å². The molecule has 1 atom stereocenters. The Morgan fingerprint density at radius 3 is 2.32 bits per heavy atom. The van der Waals surface area contributed by atoms with E-state index in [-0.39, 0.29) is 11.4 Å². The van der Waals surface area contributed by atoms with Crippen LogP contribution in [0, 0.1) is 5.41 Å². The fourth-order valence-corrected chi connectivity index (χ4v) is 3.27. The van der Waals surface area contributed by atoms with E-state index in [1.807, 2.05) is 0 Å². The molecule has 0 aliphatic heterocycles. The van der Waals surface area contributed by atoms with Gasteiger partial charge in [0.1, 0.15) is 5.54 Å². The summed E-state index contributed by atoms with van der Waals surface area (Å²) in [4.78, 5) is 14.6. The molecule has 1 fully saturated rings. The Balaban J connectivity index is 2.69. The van der Waals surface area contributed by atoms with Crippen LogP contribution in [0.25, 0.3) is 0 Å². The summed E-state index contributed by atoms with van der Waals surface area (Å²) in [5.74, 6) is -0.102. The van der Waals surface area contributed by atoms with Gasteiger partial charge < -0.3 is 15.0 Å². The van der Waals surface area contributed by atoms with Gasteiger partial charge in [-0.2, -0.15) is 0 Å². The van der Waals surface area contributed by atoms with Crippen molar-refractivity contribution in [3.05, 3.63) is 0 Å². The lowest BCUT2D eigenvalue weighted by Crippen LogP contribution is -2.60. The second kappa shape index (κ2) is 6.71. The van der Waals surface area contributed by atoms with Gasteiger partial charge in [0.2, 0.25) is 0 Å². The average molecular weight is 270 g/mol. The highest BCUT2D eigenvalue weighted by molar-refractivity contribution is 5.82. The van der Waals surface area contributed by atoms with Crippen LogP contribution in [-0.2, 0) is 9.53 Å². The monoisotopic (exact) mass is 270 g/mol. The summed E-state index contributed by atoms with van der Waals surface area (Å²) in [6.07, 6.45) is 3.03. The highest BCUT2D eigenvalue weighted by atomic mass is 16.5. The molecule has 4 nitrogen and oxygen atoms in total. The van der Waals surface area contributed by atoms with Crippen molar-refractivity contribution in [1.29, 1.82) is 0 Å². The van der Waals surface area contributed by atoms with Crippen molar-refractivity contribution < 1.29 is 9.53 Å². The molecule has 4 heteroatoms. The van der Waals surface area contributed by atoms with E-state index in [1.165, 1.54) is 7.11 Å². The number of carbonyl (C=O) groups excluding carboxylic acids is 1. The number of esters is 1. The standard InChI is InChI=1S/C15H30N2O2/c1-6-17(7-2)12-11-16-15(13(18)19-5)10-8-9-14(15,3)4/h16H,6-12H2,1-5H3. The van der Waals surface area contributed by atoms with Crippen LogP contribution in [0.3, 0.4) is 0 Å². The zero-order chi connectivity index (χ0) is 14.5. The minimum absolute atomic E-state index is 0.0383. The first-order valence-corrected chi connectivity index (χ1v) is 7.49. The summed E-state index contributed by atoms with van der Waals surface area (Å²) >= 11 is 0. The largest absolute Gasteiger partial charge is 0.468 e. The predicted molar refractivity (Wildman–Crippen MR) is 78.2 cm³/mol. The van der Waals surface area contributed by atoms with E-state index in [0.717, 1.165) is 45.4 Å². The van der Waals surface area contributed by atoms with Gasteiger partial charge in [0.15, 0.2) is 0 Å². The molecule has 0 amide bonds. The molecular weight excluding hydrogens is 240 g/mol. The Hall–Kier alpha value is -0.610. The van der Waals surface area contributed by atoms with Gasteiger partial charge in [0, 0.05) is 13.1 Å². The highest BCUT2D eigenvalue weighted by Crippen LogP contribution is 2.46. The fourth-order valence-electron chi connectivity index (χ4n) is 3.27. The molecule has 0 aromatic rings. The van der Waals surface area contributed by atoms with Crippen LogP contribution in [0.5, 0.6) is 0 Å². The second-order valence-electron chi connectivity index (χ2n) is 6.09. The molecule has 1 aliphatic rings. The lowest BCUT2D eigenvalue weighted by Gasteiger charge is -2.40. The maximum atomic E-state index is 12.3. The van der Waals surface area contributed by atoms with Crippen LogP contribution in [0.4, 0.5) is 0 Å². The van der Waals surface area contributed by atoms with Crippen LogP contribution in [0.15, 0.2) is 0 Å². The Morgan fingerprint density at radius 2 is 1.89 bits per heavy atom. The van der Waals surface area contributed by atoms with Gasteiger partial charge >= 0.3 is 5.97 Å². The molecule has 19 heavy (non-hydrogen) atoms. The molecule has 0 bridgehead atoms. The third kappa shape index (κ3) is 3.29. The first kappa shape index (κ1) is 16.4. The fraction of sp³-hybridized carbons (Fsp3) is 0.933. The van der Waals surface area contributed by atoms with Crippen molar-refractivity contribution in [2.45, 2.75) is 52.5 Å². The lowest BCUT2D eigenvalue weighted by atomic mass is 9.74. The van der Waals surface area contributed by atoms with Crippen molar-refractivity contribution in [3.8, 4) is 0 Å². The van der Waals surface area contributed by atoms with Crippen molar-refractivity contribution in [1.82, 2.24) is 10.2 Å². The molecule has 0 heterocycles. The molecule has 0 aromatic heterocycles. The summed E-state index contributed by atoms with van der Waals surface area (Å²) in [5, 5.41) is 3.52. The smallest absolute Gasteiger partial charge is 0.326 e. The first-order chi connectivity index (χ1) is 8.93. The van der Waals surface area contributed by atoms with Gasteiger partial charge in [-0.15, -0.1) is 0 Å². The molecule has 112 valence electrons. The topological polar surface area (TPSA) is 41.6 Å². The summed E-state index contributed by atoms with van der Waals surface area (Å²) in [7, 11) is 1.49. The van der Waals surface area contributed by atoms with Gasteiger partial charge in [0.25, 0.3) is 0 Å². The van der Waals surface area contributed by atoms with Gasteiger partial charge in [-0.3, -0.25) is 4.79 Å². The first-order valence-electron chi connectivity index (χ1n) is 7.49. The molecule has 0 saturated heterocycles. The van der Waals surface area contributed by atoms with Crippen LogP contribution < -0.4 is 5.32 Å². The molecule has 0 radical (unpaired) electrons. The number of methoxy groups -OCH3 is 1. The Bertz CT molecular complexity index is 301. The third-order valence-corrected chi connectivity index (χ3v) is 4.79. The molecule has 0 aromatic carbocycles. The number of nitrogens with zero attached hydrogens (tertiary/aromatic N) is 1. The van der Waals surface area contributed by atoms with Crippen molar-refractivity contribution >= 4 is 5.97 Å². The maximum Gasteiger partial charge on any atom is 0.326 e. The minimum Gasteiger partial charge on any atom is -0.468 e. The number of hydrogen-bond donors (Lipinski definition) is 1. The average Bonchev–Trinajstić information content (AvgIpc) is 2.70. The molecule has 1 rings (SSSR count). The Morgan fingerprint density at radius 1 is 1.26 bits per heavy atom. The summed E-state index contributed by atoms with van der Waals surface area (Å²) in [6.45, 7) is 12.6. The molecule has 1 unspecified atom stereocenters. The van der Waals surface area contributed by atoms with Crippen LogP contribution in [0.1, 0.15) is 47.0 Å². The highest BCUT2D eigenvalue weighted by Gasteiger charge is 2.54. The van der Waals surface area contributed by atoms with E-state index in [9.17, 15) is 4.79 Å². The maximum absolute atomic E-state index is 12.3. The van der Waals surface area contributed by atoms with E-state index in [4.69, 9.17) is 4.74 Å². The molecule has 1 aliphatic carbocycles. The zero-order valence-corrected chi connectivity index (χ0v) is 13.2. The van der Waals surface area contributed by atoms with Crippen LogP contribution in [0.2, 0.25) is 0 Å². The quantitative estimate of drug-likeness (QED) is 0.719.